The van der Waals surface area contributed by atoms with E-state index >= 15 is 0 Å². The Morgan fingerprint density at radius 2 is 1.23 bits per heavy atom. The molecule has 0 saturated carbocycles. The summed E-state index contributed by atoms with van der Waals surface area (Å²) in [6.45, 7) is 7.43. The van der Waals surface area contributed by atoms with E-state index in [1.165, 1.54) is 3.97 Å². The predicted octanol–water partition coefficient (Wildman–Crippen LogP) is 9.04. The first kappa shape index (κ1) is 43.5. The second-order valence-electron chi connectivity index (χ2n) is 17.2. The Kier molecular flexibility index (Phi) is 13.1. The number of aliphatic hydroxyl groups excluding tert-OH is 1. The molecule has 7 aromatic rings. The number of aryl methyl sites for hydroxylation is 1. The van der Waals surface area contributed by atoms with Crippen molar-refractivity contribution >= 4 is 39.6 Å². The number of nitrogens with zero attached hydrogens (tertiary/aromatic N) is 1. The van der Waals surface area contributed by atoms with Crippen LogP contribution >= 0.6 is 0 Å². The fourth-order valence-electron chi connectivity index (χ4n) is 8.91. The average Bonchev–Trinajstić information content (AvgIpc) is 3.69. The van der Waals surface area contributed by atoms with Gasteiger partial charge in [0.05, 0.1) is 36.3 Å². The normalized spacial score (nSPS) is 19.7. The minimum atomic E-state index is -3.90. The van der Waals surface area contributed by atoms with Crippen LogP contribution in [0.4, 0.5) is 0 Å². The van der Waals surface area contributed by atoms with Crippen LogP contribution in [-0.4, -0.2) is 56.5 Å². The van der Waals surface area contributed by atoms with Crippen molar-refractivity contribution in [3.63, 3.8) is 0 Å². The van der Waals surface area contributed by atoms with Gasteiger partial charge in [-0.3, -0.25) is 0 Å². The van der Waals surface area contributed by atoms with Gasteiger partial charge in [-0.05, 0) is 63.1 Å². The lowest BCUT2D eigenvalue weighted by molar-refractivity contribution is -0.314. The molecule has 320 valence electrons. The quantitative estimate of drug-likeness (QED) is 0.0970. The van der Waals surface area contributed by atoms with Gasteiger partial charge in [-0.25, -0.2) is 12.4 Å². The fraction of sp³-hybridized carbons (Fsp3) is 0.269. The maximum Gasteiger partial charge on any atom is 0.268 e. The number of aliphatic hydroxyl groups is 1. The molecule has 1 aromatic heterocycles. The number of hydrogen-bond acceptors (Lipinski definition) is 7. The topological polar surface area (TPSA) is 96.2 Å². The van der Waals surface area contributed by atoms with E-state index in [4.69, 9.17) is 18.6 Å². The minimum absolute atomic E-state index is 0.170. The van der Waals surface area contributed by atoms with E-state index in [0.29, 0.717) is 31.4 Å². The van der Waals surface area contributed by atoms with Crippen molar-refractivity contribution in [1.29, 1.82) is 0 Å². The summed E-state index contributed by atoms with van der Waals surface area (Å²) in [5.74, 6) is 0. The highest BCUT2D eigenvalue weighted by Gasteiger charge is 2.54. The Morgan fingerprint density at radius 3 is 1.81 bits per heavy atom. The van der Waals surface area contributed by atoms with Gasteiger partial charge in [0.1, 0.15) is 11.7 Å². The maximum atomic E-state index is 14.0. The average molecular weight is 866 g/mol. The first-order valence-electron chi connectivity index (χ1n) is 21.3. The van der Waals surface area contributed by atoms with Crippen LogP contribution in [-0.2, 0) is 48.3 Å². The number of ether oxygens (including phenoxy) is 3. The van der Waals surface area contributed by atoms with Crippen molar-refractivity contribution in [2.24, 2.45) is 0 Å². The number of rotatable bonds is 16. The molecule has 2 heterocycles. The third-order valence-electron chi connectivity index (χ3n) is 12.2. The summed E-state index contributed by atoms with van der Waals surface area (Å²) in [6, 6.07) is 56.8. The molecule has 62 heavy (non-hydrogen) atoms. The highest BCUT2D eigenvalue weighted by Crippen LogP contribution is 2.41. The van der Waals surface area contributed by atoms with Crippen LogP contribution in [0, 0.1) is 0 Å². The van der Waals surface area contributed by atoms with Crippen molar-refractivity contribution in [2.45, 2.75) is 87.3 Å². The fourth-order valence-corrected chi connectivity index (χ4v) is 14.9. The molecular formula is C52H55NO7SSi. The molecule has 0 radical (unpaired) electrons. The van der Waals surface area contributed by atoms with E-state index < -0.39 is 42.4 Å². The number of para-hydroxylation sites is 1. The summed E-state index contributed by atoms with van der Waals surface area (Å²) in [5.41, 5.74) is 2.11. The van der Waals surface area contributed by atoms with E-state index in [1.807, 2.05) is 97.1 Å². The molecule has 10 heteroatoms. The largest absolute Gasteiger partial charge is 0.405 e. The Labute approximate surface area is 366 Å². The van der Waals surface area contributed by atoms with Gasteiger partial charge < -0.3 is 23.7 Å². The van der Waals surface area contributed by atoms with Crippen LogP contribution in [0.2, 0.25) is 5.04 Å². The van der Waals surface area contributed by atoms with Crippen LogP contribution in [0.25, 0.3) is 10.9 Å². The zero-order valence-electron chi connectivity index (χ0n) is 35.5. The molecule has 0 bridgehead atoms. The zero-order valence-corrected chi connectivity index (χ0v) is 37.4. The Hall–Kier alpha value is -5.17. The van der Waals surface area contributed by atoms with E-state index in [-0.39, 0.29) is 23.1 Å². The first-order valence-corrected chi connectivity index (χ1v) is 24.7. The summed E-state index contributed by atoms with van der Waals surface area (Å²) < 4.78 is 57.4. The third-order valence-corrected chi connectivity index (χ3v) is 18.8. The lowest BCUT2D eigenvalue weighted by atomic mass is 9.84. The highest BCUT2D eigenvalue weighted by molar-refractivity contribution is 7.90. The van der Waals surface area contributed by atoms with Crippen LogP contribution < -0.4 is 10.4 Å². The second kappa shape index (κ2) is 18.7. The first-order chi connectivity index (χ1) is 30.0. The molecule has 0 spiro atoms. The summed E-state index contributed by atoms with van der Waals surface area (Å²) >= 11 is 0. The number of benzene rings is 6. The van der Waals surface area contributed by atoms with Crippen molar-refractivity contribution < 1.29 is 32.2 Å². The standard InChI is InChI=1S/C52H55NO7SSi/c1-51(2,3)62(44-27-15-7-16-28-44,45-29-17-8-18-30-45)59-39-49-48(57-37-40-21-9-4-10-22-40)35-52(50(54)60-49,58-38-41-23-11-5-12-24-41)34-33-42-36-53(47-32-20-19-31-46(42)47)61(55,56)43-25-13-6-14-26-43/h4-32,36,48-50,54H,33-35,37-39H2,1-3H3/t48-,49+,50+,52+/m0/s1. The van der Waals surface area contributed by atoms with Gasteiger partial charge in [-0.1, -0.05) is 178 Å². The van der Waals surface area contributed by atoms with Gasteiger partial charge in [-0.15, -0.1) is 0 Å². The maximum absolute atomic E-state index is 14.0. The van der Waals surface area contributed by atoms with Crippen LogP contribution in [0.1, 0.15) is 50.3 Å². The Balaban J connectivity index is 1.15. The smallest absolute Gasteiger partial charge is 0.268 e. The predicted molar refractivity (Wildman–Crippen MR) is 247 cm³/mol. The van der Waals surface area contributed by atoms with E-state index in [9.17, 15) is 13.5 Å². The van der Waals surface area contributed by atoms with Gasteiger partial charge in [0.15, 0.2) is 6.29 Å². The zero-order chi connectivity index (χ0) is 43.2. The van der Waals surface area contributed by atoms with Crippen molar-refractivity contribution in [3.05, 3.63) is 199 Å². The molecule has 0 unspecified atom stereocenters. The molecule has 0 aliphatic carbocycles. The number of hydrogen-bond donors (Lipinski definition) is 1. The summed E-state index contributed by atoms with van der Waals surface area (Å²) in [4.78, 5) is 0.204. The van der Waals surface area contributed by atoms with Crippen LogP contribution in [0.5, 0.6) is 0 Å². The lowest BCUT2D eigenvalue weighted by Crippen LogP contribution is -2.68. The second-order valence-corrected chi connectivity index (χ2v) is 23.3. The molecule has 0 amide bonds. The molecule has 1 saturated heterocycles. The number of aromatic nitrogens is 1. The molecule has 8 rings (SSSR count). The van der Waals surface area contributed by atoms with Crippen molar-refractivity contribution in [2.75, 3.05) is 6.61 Å². The molecule has 1 fully saturated rings. The highest BCUT2D eigenvalue weighted by atomic mass is 32.2. The third kappa shape index (κ3) is 9.00. The van der Waals surface area contributed by atoms with E-state index in [0.717, 1.165) is 32.5 Å². The van der Waals surface area contributed by atoms with Gasteiger partial charge in [0.2, 0.25) is 0 Å². The minimum Gasteiger partial charge on any atom is -0.405 e. The number of fused-ring (bicyclic) bond motifs is 1. The summed E-state index contributed by atoms with van der Waals surface area (Å²) in [7, 11) is -6.89. The molecule has 1 N–H and O–H groups in total. The van der Waals surface area contributed by atoms with Crippen molar-refractivity contribution in [3.8, 4) is 0 Å². The van der Waals surface area contributed by atoms with E-state index in [2.05, 4.69) is 69.3 Å². The molecule has 4 atom stereocenters. The Morgan fingerprint density at radius 1 is 0.710 bits per heavy atom. The van der Waals surface area contributed by atoms with Gasteiger partial charge in [0.25, 0.3) is 18.3 Å². The van der Waals surface area contributed by atoms with Crippen LogP contribution in [0.15, 0.2) is 187 Å². The summed E-state index contributed by atoms with van der Waals surface area (Å²) in [6.07, 6.45) is 0.142. The molecular weight excluding hydrogens is 811 g/mol. The molecule has 8 nitrogen and oxygen atoms in total. The van der Waals surface area contributed by atoms with E-state index in [1.54, 1.807) is 36.5 Å². The van der Waals surface area contributed by atoms with Gasteiger partial charge in [-0.2, -0.15) is 0 Å². The monoisotopic (exact) mass is 865 g/mol. The summed E-state index contributed by atoms with van der Waals surface area (Å²) in [5, 5.41) is 15.2. The van der Waals surface area contributed by atoms with Gasteiger partial charge >= 0.3 is 0 Å². The van der Waals surface area contributed by atoms with Gasteiger partial charge in [0, 0.05) is 18.0 Å². The molecule has 1 aliphatic rings. The molecule has 6 aromatic carbocycles. The Bertz CT molecular complexity index is 2580. The molecule has 1 aliphatic heterocycles. The van der Waals surface area contributed by atoms with Crippen molar-refractivity contribution in [1.82, 2.24) is 3.97 Å². The SMILES string of the molecule is CC(C)(C)[Si](OC[C@H]1O[C@@H](O)[C@](CCc2cn(S(=O)(=O)c3ccccc3)c3ccccc23)(OCc2ccccc2)C[C@@H]1OCc1ccccc1)(c1ccccc1)c1ccccc1. The lowest BCUT2D eigenvalue weighted by Gasteiger charge is -2.49. The van der Waals surface area contributed by atoms with Crippen LogP contribution in [0.3, 0.4) is 0 Å².